The number of anilines is 1. The lowest BCUT2D eigenvalue weighted by molar-refractivity contribution is -0.132. The molecule has 2 aromatic carbocycles. The summed E-state index contributed by atoms with van der Waals surface area (Å²) in [6.45, 7) is 0. The van der Waals surface area contributed by atoms with Crippen LogP contribution >= 0.6 is 22.9 Å². The standard InChI is InChI=1S/C22H15ClFNO5S/c1-30-16-7-5-12(24)10-13(16)20(27)18-19(17-3-2-8-31-17)25(22(29)21(18)28)14-9-11(23)4-6-15(14)26/h2-10,19,26-27H,1H3/b20-18-. The van der Waals surface area contributed by atoms with E-state index in [2.05, 4.69) is 0 Å². The van der Waals surface area contributed by atoms with E-state index in [0.717, 1.165) is 17.0 Å². The van der Waals surface area contributed by atoms with Gasteiger partial charge in [0.2, 0.25) is 0 Å². The van der Waals surface area contributed by atoms with Gasteiger partial charge in [-0.2, -0.15) is 0 Å². The molecule has 1 saturated heterocycles. The number of nitrogens with zero attached hydrogens (tertiary/aromatic N) is 1. The second-order valence-electron chi connectivity index (χ2n) is 6.66. The Morgan fingerprint density at radius 2 is 1.97 bits per heavy atom. The molecule has 0 bridgehead atoms. The zero-order valence-corrected chi connectivity index (χ0v) is 17.6. The summed E-state index contributed by atoms with van der Waals surface area (Å²) in [6.07, 6.45) is 0. The average Bonchev–Trinajstić information content (AvgIpc) is 3.36. The third-order valence-electron chi connectivity index (χ3n) is 4.87. The number of carbonyl (C=O) groups is 2. The Bertz CT molecular complexity index is 1220. The van der Waals surface area contributed by atoms with Crippen LogP contribution in [-0.2, 0) is 9.59 Å². The van der Waals surface area contributed by atoms with Crippen LogP contribution < -0.4 is 9.64 Å². The van der Waals surface area contributed by atoms with Gasteiger partial charge in [-0.15, -0.1) is 11.3 Å². The van der Waals surface area contributed by atoms with Gasteiger partial charge >= 0.3 is 0 Å². The number of phenolic OH excluding ortho intramolecular Hbond substituents is 1. The molecule has 158 valence electrons. The van der Waals surface area contributed by atoms with Gasteiger partial charge in [-0.25, -0.2) is 4.39 Å². The summed E-state index contributed by atoms with van der Waals surface area (Å²) >= 11 is 7.30. The van der Waals surface area contributed by atoms with Gasteiger partial charge in [-0.05, 0) is 47.8 Å². The van der Waals surface area contributed by atoms with E-state index in [1.54, 1.807) is 17.5 Å². The van der Waals surface area contributed by atoms with Crippen LogP contribution in [0.3, 0.4) is 0 Å². The van der Waals surface area contributed by atoms with Gasteiger partial charge in [-0.3, -0.25) is 14.5 Å². The normalized spacial score (nSPS) is 17.9. The van der Waals surface area contributed by atoms with Crippen LogP contribution in [0.5, 0.6) is 11.5 Å². The molecular weight excluding hydrogens is 445 g/mol. The number of ketones is 1. The summed E-state index contributed by atoms with van der Waals surface area (Å²) in [6, 6.07) is 9.92. The van der Waals surface area contributed by atoms with E-state index < -0.39 is 29.3 Å². The summed E-state index contributed by atoms with van der Waals surface area (Å²) in [5, 5.41) is 23.4. The minimum absolute atomic E-state index is 0.0123. The Balaban J connectivity index is 1.99. The lowest BCUT2D eigenvalue weighted by atomic mass is 9.99. The Kier molecular flexibility index (Phi) is 5.43. The SMILES string of the molecule is COc1ccc(F)cc1/C(O)=C1/C(=O)C(=O)N(c2cc(Cl)ccc2O)C1c1cccs1. The van der Waals surface area contributed by atoms with Crippen molar-refractivity contribution in [2.24, 2.45) is 0 Å². The van der Waals surface area contributed by atoms with Crippen LogP contribution in [0.1, 0.15) is 16.5 Å². The van der Waals surface area contributed by atoms with Gasteiger partial charge in [0.25, 0.3) is 11.7 Å². The van der Waals surface area contributed by atoms with Crippen molar-refractivity contribution < 1.29 is 28.9 Å². The molecule has 0 saturated carbocycles. The number of aliphatic hydroxyl groups excluding tert-OH is 1. The fourth-order valence-electron chi connectivity index (χ4n) is 3.50. The van der Waals surface area contributed by atoms with Gasteiger partial charge in [0.15, 0.2) is 0 Å². The van der Waals surface area contributed by atoms with Crippen molar-refractivity contribution in [1.29, 1.82) is 0 Å². The van der Waals surface area contributed by atoms with Crippen LogP contribution in [-0.4, -0.2) is 29.0 Å². The molecule has 1 unspecified atom stereocenters. The molecule has 0 spiro atoms. The number of Topliss-reactive ketones (excluding diaryl/α,β-unsaturated/α-hetero) is 1. The molecule has 2 heterocycles. The summed E-state index contributed by atoms with van der Waals surface area (Å²) in [5.74, 6) is -3.33. The lowest BCUT2D eigenvalue weighted by Crippen LogP contribution is -2.29. The number of rotatable bonds is 4. The van der Waals surface area contributed by atoms with E-state index in [1.165, 1.54) is 42.7 Å². The van der Waals surface area contributed by atoms with Gasteiger partial charge < -0.3 is 14.9 Å². The zero-order chi connectivity index (χ0) is 22.3. The molecule has 2 N–H and O–H groups in total. The van der Waals surface area contributed by atoms with E-state index in [0.29, 0.717) is 4.88 Å². The summed E-state index contributed by atoms with van der Waals surface area (Å²) < 4.78 is 19.1. The van der Waals surface area contributed by atoms with Crippen molar-refractivity contribution in [3.63, 3.8) is 0 Å². The Morgan fingerprint density at radius 3 is 2.65 bits per heavy atom. The number of carbonyl (C=O) groups excluding carboxylic acids is 2. The van der Waals surface area contributed by atoms with E-state index in [-0.39, 0.29) is 33.3 Å². The number of aromatic hydroxyl groups is 1. The first-order valence-electron chi connectivity index (χ1n) is 9.00. The molecule has 6 nitrogen and oxygen atoms in total. The first kappa shape index (κ1) is 20.9. The quantitative estimate of drug-likeness (QED) is 0.330. The van der Waals surface area contributed by atoms with Crippen molar-refractivity contribution in [1.82, 2.24) is 0 Å². The number of benzene rings is 2. The number of ether oxygens (including phenoxy) is 1. The molecule has 1 atom stereocenters. The second kappa shape index (κ2) is 8.05. The number of halogens is 2. The van der Waals surface area contributed by atoms with Gasteiger partial charge in [0.1, 0.15) is 29.1 Å². The highest BCUT2D eigenvalue weighted by atomic mass is 35.5. The first-order chi connectivity index (χ1) is 14.8. The molecule has 0 radical (unpaired) electrons. The molecule has 1 aliphatic heterocycles. The predicted octanol–water partition coefficient (Wildman–Crippen LogP) is 4.88. The summed E-state index contributed by atoms with van der Waals surface area (Å²) in [4.78, 5) is 27.7. The third kappa shape index (κ3) is 3.54. The third-order valence-corrected chi connectivity index (χ3v) is 6.03. The van der Waals surface area contributed by atoms with Crippen molar-refractivity contribution in [3.8, 4) is 11.5 Å². The van der Waals surface area contributed by atoms with Crippen molar-refractivity contribution in [2.45, 2.75) is 6.04 Å². The molecule has 1 aromatic heterocycles. The molecular formula is C22H15ClFNO5S. The Morgan fingerprint density at radius 1 is 1.19 bits per heavy atom. The molecule has 0 aliphatic carbocycles. The molecule has 1 fully saturated rings. The highest BCUT2D eigenvalue weighted by Crippen LogP contribution is 2.47. The number of hydrogen-bond donors (Lipinski definition) is 2. The van der Waals surface area contributed by atoms with Crippen LogP contribution in [0.4, 0.5) is 10.1 Å². The largest absolute Gasteiger partial charge is 0.507 e. The van der Waals surface area contributed by atoms with Gasteiger partial charge in [-0.1, -0.05) is 17.7 Å². The van der Waals surface area contributed by atoms with E-state index in [4.69, 9.17) is 16.3 Å². The molecule has 3 aromatic rings. The number of aliphatic hydroxyl groups is 1. The van der Waals surface area contributed by atoms with Crippen LogP contribution in [0.15, 0.2) is 59.5 Å². The lowest BCUT2D eigenvalue weighted by Gasteiger charge is -2.25. The number of amides is 1. The van der Waals surface area contributed by atoms with Crippen molar-refractivity contribution >= 4 is 46.1 Å². The summed E-state index contributed by atoms with van der Waals surface area (Å²) in [5.41, 5.74) is -0.314. The topological polar surface area (TPSA) is 87.1 Å². The summed E-state index contributed by atoms with van der Waals surface area (Å²) in [7, 11) is 1.34. The van der Waals surface area contributed by atoms with Gasteiger partial charge in [0, 0.05) is 9.90 Å². The number of hydrogen-bond acceptors (Lipinski definition) is 6. The van der Waals surface area contributed by atoms with Crippen LogP contribution in [0.2, 0.25) is 5.02 Å². The number of thiophene rings is 1. The van der Waals surface area contributed by atoms with Crippen molar-refractivity contribution in [3.05, 3.63) is 80.8 Å². The second-order valence-corrected chi connectivity index (χ2v) is 8.08. The molecule has 4 rings (SSSR count). The number of phenols is 1. The molecule has 31 heavy (non-hydrogen) atoms. The van der Waals surface area contributed by atoms with E-state index in [1.807, 2.05) is 0 Å². The molecule has 1 aliphatic rings. The highest BCUT2D eigenvalue weighted by Gasteiger charge is 2.48. The predicted molar refractivity (Wildman–Crippen MR) is 115 cm³/mol. The van der Waals surface area contributed by atoms with Crippen molar-refractivity contribution in [2.75, 3.05) is 12.0 Å². The van der Waals surface area contributed by atoms with Gasteiger partial charge in [0.05, 0.1) is 23.9 Å². The van der Waals surface area contributed by atoms with Crippen LogP contribution in [0, 0.1) is 5.82 Å². The fourth-order valence-corrected chi connectivity index (χ4v) is 4.49. The van der Waals surface area contributed by atoms with Crippen LogP contribution in [0.25, 0.3) is 5.76 Å². The van der Waals surface area contributed by atoms with E-state index >= 15 is 0 Å². The maximum Gasteiger partial charge on any atom is 0.300 e. The maximum absolute atomic E-state index is 13.9. The monoisotopic (exact) mass is 459 g/mol. The zero-order valence-electron chi connectivity index (χ0n) is 16.0. The van der Waals surface area contributed by atoms with E-state index in [9.17, 15) is 24.2 Å². The Labute approximate surface area is 185 Å². The minimum Gasteiger partial charge on any atom is -0.507 e. The maximum atomic E-state index is 13.9. The highest BCUT2D eigenvalue weighted by molar-refractivity contribution is 7.10. The molecule has 1 amide bonds. The number of methoxy groups -OCH3 is 1. The fraction of sp³-hybridized carbons (Fsp3) is 0.0909. The Hall–Kier alpha value is -3.36. The first-order valence-corrected chi connectivity index (χ1v) is 10.3. The minimum atomic E-state index is -1.06. The smallest absolute Gasteiger partial charge is 0.300 e. The average molecular weight is 460 g/mol. The molecule has 9 heteroatoms.